The highest BCUT2D eigenvalue weighted by molar-refractivity contribution is 6.30. The molecule has 0 heterocycles. The predicted molar refractivity (Wildman–Crippen MR) is 101 cm³/mol. The molecular formula is C20H20ClN3O. The molecule has 0 radical (unpaired) electrons. The van der Waals surface area contributed by atoms with Crippen LogP contribution in [0, 0.1) is 32.1 Å². The summed E-state index contributed by atoms with van der Waals surface area (Å²) in [5.74, 6) is -0.424. The second kappa shape index (κ2) is 8.36. The number of benzene rings is 2. The minimum Gasteiger partial charge on any atom is -0.360 e. The topological polar surface area (TPSA) is 64.9 Å². The zero-order valence-electron chi connectivity index (χ0n) is 14.5. The Kier molecular flexibility index (Phi) is 6.21. The van der Waals surface area contributed by atoms with E-state index in [1.165, 1.54) is 11.8 Å². The maximum Gasteiger partial charge on any atom is 0.263 e. The van der Waals surface area contributed by atoms with Crippen LogP contribution in [0.4, 0.5) is 5.69 Å². The van der Waals surface area contributed by atoms with E-state index in [-0.39, 0.29) is 5.57 Å². The van der Waals surface area contributed by atoms with Gasteiger partial charge < -0.3 is 10.6 Å². The molecule has 0 saturated carbocycles. The van der Waals surface area contributed by atoms with Gasteiger partial charge in [-0.1, -0.05) is 41.4 Å². The summed E-state index contributed by atoms with van der Waals surface area (Å²) in [6, 6.07) is 13.2. The van der Waals surface area contributed by atoms with Gasteiger partial charge in [0.1, 0.15) is 11.6 Å². The fraction of sp³-hybridized carbons (Fsp3) is 0.200. The Hall–Kier alpha value is -2.77. The van der Waals surface area contributed by atoms with Crippen molar-refractivity contribution in [3.8, 4) is 6.07 Å². The molecule has 0 saturated heterocycles. The Bertz CT molecular complexity index is 825. The first-order valence-electron chi connectivity index (χ1n) is 7.88. The predicted octanol–water partition coefficient (Wildman–Crippen LogP) is 4.40. The van der Waals surface area contributed by atoms with Crippen molar-refractivity contribution in [3.63, 3.8) is 0 Å². The highest BCUT2D eigenvalue weighted by atomic mass is 35.5. The summed E-state index contributed by atoms with van der Waals surface area (Å²) in [4.78, 5) is 12.2. The van der Waals surface area contributed by atoms with Gasteiger partial charge in [-0.3, -0.25) is 4.79 Å². The first-order chi connectivity index (χ1) is 11.9. The Morgan fingerprint density at radius 1 is 1.16 bits per heavy atom. The molecule has 128 valence electrons. The molecule has 4 nitrogen and oxygen atoms in total. The van der Waals surface area contributed by atoms with Gasteiger partial charge in [-0.05, 0) is 49.6 Å². The summed E-state index contributed by atoms with van der Waals surface area (Å²) in [6.07, 6.45) is 1.45. The van der Waals surface area contributed by atoms with Gasteiger partial charge in [-0.15, -0.1) is 0 Å². The first kappa shape index (κ1) is 18.6. The molecule has 2 aromatic carbocycles. The molecule has 0 aliphatic carbocycles. The highest BCUT2D eigenvalue weighted by Gasteiger charge is 2.09. The summed E-state index contributed by atoms with van der Waals surface area (Å²) < 4.78 is 0. The Morgan fingerprint density at radius 3 is 2.32 bits per heavy atom. The number of rotatable bonds is 5. The first-order valence-corrected chi connectivity index (χ1v) is 8.26. The molecular weight excluding hydrogens is 334 g/mol. The summed E-state index contributed by atoms with van der Waals surface area (Å²) >= 11 is 5.83. The standard InChI is InChI=1S/C20H20ClN3O/c1-13-8-14(2)19(15(3)9-13)23-12-17(10-22)20(25)24-11-16-4-6-18(21)7-5-16/h4-9,12,23H,11H2,1-3H3,(H,24,25)/b17-12-. The van der Waals surface area contributed by atoms with Crippen LogP contribution in [-0.2, 0) is 11.3 Å². The van der Waals surface area contributed by atoms with E-state index in [4.69, 9.17) is 11.6 Å². The van der Waals surface area contributed by atoms with Crippen LogP contribution >= 0.6 is 11.6 Å². The van der Waals surface area contributed by atoms with Gasteiger partial charge in [0.15, 0.2) is 0 Å². The number of hydrogen-bond donors (Lipinski definition) is 2. The molecule has 0 aliphatic heterocycles. The van der Waals surface area contributed by atoms with Crippen LogP contribution in [0.2, 0.25) is 5.02 Å². The Balaban J connectivity index is 2.06. The van der Waals surface area contributed by atoms with Gasteiger partial charge >= 0.3 is 0 Å². The number of halogens is 1. The SMILES string of the molecule is Cc1cc(C)c(N/C=C(/C#N)C(=O)NCc2ccc(Cl)cc2)c(C)c1. The Labute approximate surface area is 153 Å². The smallest absolute Gasteiger partial charge is 0.263 e. The van der Waals surface area contributed by atoms with Crippen molar-refractivity contribution in [1.29, 1.82) is 5.26 Å². The third-order valence-electron chi connectivity index (χ3n) is 3.77. The number of amides is 1. The highest BCUT2D eigenvalue weighted by Crippen LogP contribution is 2.22. The van der Waals surface area contributed by atoms with Gasteiger partial charge in [0.25, 0.3) is 5.91 Å². The van der Waals surface area contributed by atoms with Gasteiger partial charge in [0.05, 0.1) is 0 Å². The quantitative estimate of drug-likeness (QED) is 0.618. The van der Waals surface area contributed by atoms with E-state index in [1.54, 1.807) is 12.1 Å². The molecule has 0 bridgehead atoms. The van der Waals surface area contributed by atoms with Gasteiger partial charge in [0.2, 0.25) is 0 Å². The number of carbonyl (C=O) groups is 1. The molecule has 0 unspecified atom stereocenters. The van der Waals surface area contributed by atoms with Crippen LogP contribution in [0.15, 0.2) is 48.2 Å². The van der Waals surface area contributed by atoms with E-state index in [9.17, 15) is 10.1 Å². The minimum atomic E-state index is -0.424. The van der Waals surface area contributed by atoms with Crippen LogP contribution in [-0.4, -0.2) is 5.91 Å². The summed E-state index contributed by atoms with van der Waals surface area (Å²) in [5.41, 5.74) is 5.14. The van der Waals surface area contributed by atoms with Gasteiger partial charge in [0, 0.05) is 23.5 Å². The average Bonchev–Trinajstić information content (AvgIpc) is 2.56. The number of nitrogens with one attached hydrogen (secondary N) is 2. The molecule has 0 atom stereocenters. The van der Waals surface area contributed by atoms with E-state index < -0.39 is 5.91 Å². The molecule has 1 amide bonds. The lowest BCUT2D eigenvalue weighted by molar-refractivity contribution is -0.117. The lowest BCUT2D eigenvalue weighted by Crippen LogP contribution is -2.24. The van der Waals surface area contributed by atoms with Crippen molar-refractivity contribution in [3.05, 3.63) is 75.4 Å². The lowest BCUT2D eigenvalue weighted by Gasteiger charge is -2.11. The largest absolute Gasteiger partial charge is 0.360 e. The third-order valence-corrected chi connectivity index (χ3v) is 4.02. The molecule has 5 heteroatoms. The fourth-order valence-electron chi connectivity index (χ4n) is 2.58. The van der Waals surface area contributed by atoms with Crippen LogP contribution in [0.25, 0.3) is 0 Å². The number of aryl methyl sites for hydroxylation is 3. The van der Waals surface area contributed by atoms with Crippen LogP contribution in [0.3, 0.4) is 0 Å². The van der Waals surface area contributed by atoms with E-state index in [2.05, 4.69) is 22.8 Å². The molecule has 25 heavy (non-hydrogen) atoms. The van der Waals surface area contributed by atoms with Gasteiger partial charge in [-0.25, -0.2) is 0 Å². The van der Waals surface area contributed by atoms with E-state index >= 15 is 0 Å². The van der Waals surface area contributed by atoms with Crippen molar-refractivity contribution >= 4 is 23.2 Å². The number of hydrogen-bond acceptors (Lipinski definition) is 3. The van der Waals surface area contributed by atoms with E-state index in [0.29, 0.717) is 11.6 Å². The van der Waals surface area contributed by atoms with Crippen LogP contribution in [0.5, 0.6) is 0 Å². The molecule has 0 fully saturated rings. The van der Waals surface area contributed by atoms with E-state index in [1.807, 2.05) is 39.0 Å². The van der Waals surface area contributed by atoms with Gasteiger partial charge in [-0.2, -0.15) is 5.26 Å². The van der Waals surface area contributed by atoms with Crippen molar-refractivity contribution in [2.24, 2.45) is 0 Å². The number of nitrogens with zero attached hydrogens (tertiary/aromatic N) is 1. The molecule has 0 aromatic heterocycles. The van der Waals surface area contributed by atoms with Crippen LogP contribution < -0.4 is 10.6 Å². The van der Waals surface area contributed by atoms with Crippen molar-refractivity contribution in [2.45, 2.75) is 27.3 Å². The van der Waals surface area contributed by atoms with Crippen molar-refractivity contribution in [1.82, 2.24) is 5.32 Å². The van der Waals surface area contributed by atoms with Crippen LogP contribution in [0.1, 0.15) is 22.3 Å². The molecule has 0 aliphatic rings. The summed E-state index contributed by atoms with van der Waals surface area (Å²) in [5, 5.41) is 15.7. The number of carbonyl (C=O) groups excluding carboxylic acids is 1. The molecule has 2 N–H and O–H groups in total. The van der Waals surface area contributed by atoms with Crippen molar-refractivity contribution < 1.29 is 4.79 Å². The zero-order chi connectivity index (χ0) is 18.4. The normalized spacial score (nSPS) is 10.9. The summed E-state index contributed by atoms with van der Waals surface area (Å²) in [6.45, 7) is 6.34. The zero-order valence-corrected chi connectivity index (χ0v) is 15.2. The number of nitriles is 1. The Morgan fingerprint density at radius 2 is 1.76 bits per heavy atom. The maximum absolute atomic E-state index is 12.2. The fourth-order valence-corrected chi connectivity index (χ4v) is 2.71. The second-order valence-corrected chi connectivity index (χ2v) is 6.33. The number of anilines is 1. The molecule has 2 rings (SSSR count). The summed E-state index contributed by atoms with van der Waals surface area (Å²) in [7, 11) is 0. The minimum absolute atomic E-state index is 0.0216. The molecule has 0 spiro atoms. The maximum atomic E-state index is 12.2. The third kappa shape index (κ3) is 5.10. The monoisotopic (exact) mass is 353 g/mol. The molecule has 2 aromatic rings. The van der Waals surface area contributed by atoms with E-state index in [0.717, 1.165) is 22.4 Å². The average molecular weight is 354 g/mol. The van der Waals surface area contributed by atoms with Crippen molar-refractivity contribution in [2.75, 3.05) is 5.32 Å². The lowest BCUT2D eigenvalue weighted by atomic mass is 10.1. The second-order valence-electron chi connectivity index (χ2n) is 5.90.